The molecule has 19 heavy (non-hydrogen) atoms. The van der Waals surface area contributed by atoms with Gasteiger partial charge in [-0.05, 0) is 44.6 Å². The van der Waals surface area contributed by atoms with Crippen LogP contribution in [0.2, 0.25) is 0 Å². The van der Waals surface area contributed by atoms with Crippen LogP contribution in [0.4, 0.5) is 0 Å². The molecule has 0 saturated carbocycles. The number of likely N-dealkylation sites (N-methyl/N-ethyl adjacent to an activating group) is 2. The van der Waals surface area contributed by atoms with Crippen molar-refractivity contribution < 1.29 is 9.90 Å². The number of hydrogen-bond donors (Lipinski definition) is 1. The van der Waals surface area contributed by atoms with Crippen LogP contribution in [0.15, 0.2) is 22.7 Å². The lowest BCUT2D eigenvalue weighted by molar-refractivity contribution is 0.0758. The lowest BCUT2D eigenvalue weighted by Crippen LogP contribution is -2.39. The third kappa shape index (κ3) is 3.28. The van der Waals surface area contributed by atoms with E-state index in [1.54, 1.807) is 30.1 Å². The van der Waals surface area contributed by atoms with Crippen molar-refractivity contribution in [2.24, 2.45) is 0 Å². The molecule has 1 aliphatic heterocycles. The number of likely N-dealkylation sites (tertiary alicyclic amines) is 1. The van der Waals surface area contributed by atoms with E-state index >= 15 is 0 Å². The lowest BCUT2D eigenvalue weighted by Gasteiger charge is -2.26. The molecule has 2 rings (SSSR count). The number of phenols is 1. The third-order valence-electron chi connectivity index (χ3n) is 3.69. The number of hydrogen-bond acceptors (Lipinski definition) is 3. The average Bonchev–Trinajstić information content (AvgIpc) is 2.74. The van der Waals surface area contributed by atoms with Crippen molar-refractivity contribution in [3.63, 3.8) is 0 Å². The van der Waals surface area contributed by atoms with Gasteiger partial charge in [0.15, 0.2) is 0 Å². The van der Waals surface area contributed by atoms with Crippen molar-refractivity contribution in [1.29, 1.82) is 0 Å². The Morgan fingerprint density at radius 1 is 1.58 bits per heavy atom. The van der Waals surface area contributed by atoms with Crippen molar-refractivity contribution in [3.05, 3.63) is 28.2 Å². The summed E-state index contributed by atoms with van der Waals surface area (Å²) in [6, 6.07) is 5.38. The minimum Gasteiger partial charge on any atom is -0.507 e. The van der Waals surface area contributed by atoms with Gasteiger partial charge in [-0.25, -0.2) is 0 Å². The molecular weight excluding hydrogens is 308 g/mol. The van der Waals surface area contributed by atoms with Gasteiger partial charge in [0.2, 0.25) is 0 Å². The molecule has 1 aromatic carbocycles. The Bertz CT molecular complexity index is 479. The lowest BCUT2D eigenvalue weighted by atomic mass is 10.1. The normalized spacial score (nSPS) is 19.6. The molecule has 1 amide bonds. The zero-order chi connectivity index (χ0) is 14.0. The summed E-state index contributed by atoms with van der Waals surface area (Å²) in [5, 5.41) is 9.84. The summed E-state index contributed by atoms with van der Waals surface area (Å²) >= 11 is 3.27. The molecule has 1 heterocycles. The molecular formula is C14H19BrN2O2. The molecule has 1 N–H and O–H groups in total. The second kappa shape index (κ2) is 5.92. The molecule has 0 spiro atoms. The molecule has 0 bridgehead atoms. The summed E-state index contributed by atoms with van der Waals surface area (Å²) in [5.74, 6) is -0.115. The largest absolute Gasteiger partial charge is 0.507 e. The molecule has 1 fully saturated rings. The maximum absolute atomic E-state index is 12.3. The molecule has 0 aliphatic carbocycles. The number of nitrogens with zero attached hydrogens (tertiary/aromatic N) is 2. The summed E-state index contributed by atoms with van der Waals surface area (Å²) in [6.45, 7) is 1.79. The second-order valence-corrected chi connectivity index (χ2v) is 6.04. The molecule has 0 radical (unpaired) electrons. The first kappa shape index (κ1) is 14.3. The predicted molar refractivity (Wildman–Crippen MR) is 78.4 cm³/mol. The summed E-state index contributed by atoms with van der Waals surface area (Å²) in [7, 11) is 3.88. The predicted octanol–water partition coefficient (Wildman–Crippen LogP) is 2.32. The van der Waals surface area contributed by atoms with E-state index in [0.717, 1.165) is 17.4 Å². The van der Waals surface area contributed by atoms with Crippen LogP contribution < -0.4 is 0 Å². The highest BCUT2D eigenvalue weighted by molar-refractivity contribution is 9.10. The summed E-state index contributed by atoms with van der Waals surface area (Å²) < 4.78 is 0.764. The molecule has 1 atom stereocenters. The van der Waals surface area contributed by atoms with Gasteiger partial charge in [-0.2, -0.15) is 0 Å². The Balaban J connectivity index is 2.06. The van der Waals surface area contributed by atoms with Crippen LogP contribution >= 0.6 is 15.9 Å². The quantitative estimate of drug-likeness (QED) is 0.927. The standard InChI is InChI=1S/C14H19BrN2O2/c1-16-7-3-4-11(16)9-17(2)14(19)12-6-5-10(15)8-13(12)18/h5-6,8,11,18H,3-4,7,9H2,1-2H3. The van der Waals surface area contributed by atoms with Gasteiger partial charge < -0.3 is 14.9 Å². The zero-order valence-corrected chi connectivity index (χ0v) is 12.9. The van der Waals surface area contributed by atoms with Crippen molar-refractivity contribution in [3.8, 4) is 5.75 Å². The van der Waals surface area contributed by atoms with Crippen LogP contribution in [0.3, 0.4) is 0 Å². The first-order chi connectivity index (χ1) is 8.99. The fraction of sp³-hybridized carbons (Fsp3) is 0.500. The Morgan fingerprint density at radius 2 is 2.32 bits per heavy atom. The minimum atomic E-state index is -0.134. The number of amides is 1. The Labute approximate surface area is 122 Å². The van der Waals surface area contributed by atoms with E-state index in [9.17, 15) is 9.90 Å². The first-order valence-electron chi connectivity index (χ1n) is 6.43. The van der Waals surface area contributed by atoms with E-state index in [1.807, 2.05) is 0 Å². The summed E-state index contributed by atoms with van der Waals surface area (Å²) in [5.41, 5.74) is 0.353. The molecule has 1 aromatic rings. The van der Waals surface area contributed by atoms with Crippen molar-refractivity contribution in [2.45, 2.75) is 18.9 Å². The van der Waals surface area contributed by atoms with Gasteiger partial charge in [0.05, 0.1) is 5.56 Å². The Kier molecular flexibility index (Phi) is 4.47. The zero-order valence-electron chi connectivity index (χ0n) is 11.3. The highest BCUT2D eigenvalue weighted by atomic mass is 79.9. The van der Waals surface area contributed by atoms with E-state index in [4.69, 9.17) is 0 Å². The Hall–Kier alpha value is -1.07. The van der Waals surface area contributed by atoms with E-state index in [1.165, 1.54) is 6.42 Å². The highest BCUT2D eigenvalue weighted by Crippen LogP contribution is 2.24. The van der Waals surface area contributed by atoms with Crippen LogP contribution in [-0.2, 0) is 0 Å². The molecule has 1 aliphatic rings. The number of halogens is 1. The van der Waals surface area contributed by atoms with Crippen LogP contribution in [0.25, 0.3) is 0 Å². The van der Waals surface area contributed by atoms with Gasteiger partial charge in [-0.1, -0.05) is 15.9 Å². The number of benzene rings is 1. The van der Waals surface area contributed by atoms with Crippen LogP contribution in [0, 0.1) is 0 Å². The number of phenolic OH excluding ortho intramolecular Hbond substituents is 1. The Morgan fingerprint density at radius 3 is 2.89 bits per heavy atom. The van der Waals surface area contributed by atoms with Crippen molar-refractivity contribution >= 4 is 21.8 Å². The third-order valence-corrected chi connectivity index (χ3v) is 4.19. The highest BCUT2D eigenvalue weighted by Gasteiger charge is 2.25. The van der Waals surface area contributed by atoms with E-state index < -0.39 is 0 Å². The van der Waals surface area contributed by atoms with E-state index in [2.05, 4.69) is 27.9 Å². The van der Waals surface area contributed by atoms with Crippen molar-refractivity contribution in [2.75, 3.05) is 27.2 Å². The van der Waals surface area contributed by atoms with Crippen LogP contribution in [0.5, 0.6) is 5.75 Å². The van der Waals surface area contributed by atoms with Gasteiger partial charge in [0, 0.05) is 24.1 Å². The maximum Gasteiger partial charge on any atom is 0.257 e. The number of rotatable bonds is 3. The van der Waals surface area contributed by atoms with Crippen molar-refractivity contribution in [1.82, 2.24) is 9.80 Å². The van der Waals surface area contributed by atoms with Crippen LogP contribution in [-0.4, -0.2) is 54.0 Å². The van der Waals surface area contributed by atoms with Gasteiger partial charge in [0.1, 0.15) is 5.75 Å². The molecule has 0 aromatic heterocycles. The van der Waals surface area contributed by atoms with Gasteiger partial charge in [-0.15, -0.1) is 0 Å². The fourth-order valence-corrected chi connectivity index (χ4v) is 2.85. The molecule has 1 unspecified atom stereocenters. The number of carbonyl (C=O) groups excluding carboxylic acids is 1. The molecule has 4 nitrogen and oxygen atoms in total. The monoisotopic (exact) mass is 326 g/mol. The number of carbonyl (C=O) groups is 1. The maximum atomic E-state index is 12.3. The van der Waals surface area contributed by atoms with E-state index in [0.29, 0.717) is 18.2 Å². The topological polar surface area (TPSA) is 43.8 Å². The van der Waals surface area contributed by atoms with Gasteiger partial charge >= 0.3 is 0 Å². The molecule has 1 saturated heterocycles. The summed E-state index contributed by atoms with van der Waals surface area (Å²) in [6.07, 6.45) is 2.31. The van der Waals surface area contributed by atoms with Crippen LogP contribution in [0.1, 0.15) is 23.2 Å². The number of aromatic hydroxyl groups is 1. The average molecular weight is 327 g/mol. The molecule has 5 heteroatoms. The SMILES string of the molecule is CN(CC1CCCN1C)C(=O)c1ccc(Br)cc1O. The minimum absolute atomic E-state index is 0.0194. The molecule has 104 valence electrons. The van der Waals surface area contributed by atoms with Gasteiger partial charge in [-0.3, -0.25) is 4.79 Å². The fourth-order valence-electron chi connectivity index (χ4n) is 2.50. The first-order valence-corrected chi connectivity index (χ1v) is 7.22. The second-order valence-electron chi connectivity index (χ2n) is 5.12. The van der Waals surface area contributed by atoms with E-state index in [-0.39, 0.29) is 11.7 Å². The van der Waals surface area contributed by atoms with Gasteiger partial charge in [0.25, 0.3) is 5.91 Å². The smallest absolute Gasteiger partial charge is 0.257 e. The summed E-state index contributed by atoms with van der Waals surface area (Å²) in [4.78, 5) is 16.3.